The van der Waals surface area contributed by atoms with Gasteiger partial charge in [0.15, 0.2) is 0 Å². The molecule has 0 atom stereocenters. The van der Waals surface area contributed by atoms with E-state index in [4.69, 9.17) is 16.0 Å². The highest BCUT2D eigenvalue weighted by Gasteiger charge is 2.16. The SMILES string of the molecule is N#CCCOP(N)(=O)OCCC#N. The van der Waals surface area contributed by atoms with Crippen LogP contribution in [0.1, 0.15) is 12.8 Å². The molecule has 0 amide bonds. The fourth-order valence-electron chi connectivity index (χ4n) is 0.474. The summed E-state index contributed by atoms with van der Waals surface area (Å²) >= 11 is 0. The van der Waals surface area contributed by atoms with Crippen LogP contribution in [0.15, 0.2) is 0 Å². The molecule has 72 valence electrons. The van der Waals surface area contributed by atoms with Crippen LogP contribution in [-0.2, 0) is 13.6 Å². The first kappa shape index (κ1) is 12.1. The summed E-state index contributed by atoms with van der Waals surface area (Å²) in [6.07, 6.45) is 0.200. The molecule has 0 unspecified atom stereocenters. The maximum atomic E-state index is 11.1. The van der Waals surface area contributed by atoms with E-state index in [-0.39, 0.29) is 26.1 Å². The molecule has 0 aromatic heterocycles. The van der Waals surface area contributed by atoms with Gasteiger partial charge in [0.2, 0.25) is 0 Å². The van der Waals surface area contributed by atoms with Crippen LogP contribution < -0.4 is 5.50 Å². The molecule has 0 rings (SSSR count). The Bertz CT molecular complexity index is 243. The van der Waals surface area contributed by atoms with Gasteiger partial charge in [-0.3, -0.25) is 9.05 Å². The third-order valence-corrected chi connectivity index (χ3v) is 2.06. The molecule has 0 aliphatic heterocycles. The predicted octanol–water partition coefficient (Wildman–Crippen LogP) is 0.914. The Morgan fingerprint density at radius 1 is 1.15 bits per heavy atom. The van der Waals surface area contributed by atoms with Gasteiger partial charge >= 0.3 is 7.75 Å². The Labute approximate surface area is 76.4 Å². The molecule has 0 aromatic rings. The lowest BCUT2D eigenvalue weighted by Crippen LogP contribution is -2.05. The maximum absolute atomic E-state index is 11.1. The Morgan fingerprint density at radius 2 is 1.54 bits per heavy atom. The molecule has 0 aliphatic carbocycles. The van der Waals surface area contributed by atoms with Gasteiger partial charge in [-0.25, -0.2) is 10.1 Å². The Kier molecular flexibility index (Phi) is 6.13. The summed E-state index contributed by atoms with van der Waals surface area (Å²) in [6, 6.07) is 3.60. The minimum atomic E-state index is -3.55. The van der Waals surface area contributed by atoms with Crippen LogP contribution in [0.4, 0.5) is 0 Å². The molecule has 0 aromatic carbocycles. The van der Waals surface area contributed by atoms with Gasteiger partial charge < -0.3 is 0 Å². The van der Waals surface area contributed by atoms with E-state index in [1.165, 1.54) is 0 Å². The third kappa shape index (κ3) is 7.45. The van der Waals surface area contributed by atoms with Crippen molar-refractivity contribution in [1.29, 1.82) is 10.5 Å². The Hall–Kier alpha value is -0.910. The van der Waals surface area contributed by atoms with Crippen molar-refractivity contribution in [1.82, 2.24) is 0 Å². The van der Waals surface area contributed by atoms with E-state index in [0.29, 0.717) is 0 Å². The number of hydrogen-bond donors (Lipinski definition) is 1. The van der Waals surface area contributed by atoms with Crippen molar-refractivity contribution in [3.8, 4) is 12.1 Å². The highest BCUT2D eigenvalue weighted by molar-refractivity contribution is 7.51. The van der Waals surface area contributed by atoms with Gasteiger partial charge in [0.1, 0.15) is 0 Å². The normalized spacial score (nSPS) is 10.4. The molecule has 0 fully saturated rings. The van der Waals surface area contributed by atoms with Gasteiger partial charge in [-0.2, -0.15) is 10.5 Å². The minimum Gasteiger partial charge on any atom is -0.296 e. The van der Waals surface area contributed by atoms with Gasteiger partial charge in [0.05, 0.1) is 38.2 Å². The first-order chi connectivity index (χ1) is 6.12. The summed E-state index contributed by atoms with van der Waals surface area (Å²) in [6.45, 7) is -0.0618. The van der Waals surface area contributed by atoms with E-state index in [9.17, 15) is 4.57 Å². The number of hydrogen-bond acceptors (Lipinski definition) is 5. The minimum absolute atomic E-state index is 0.0309. The van der Waals surface area contributed by atoms with E-state index in [1.807, 2.05) is 0 Å². The van der Waals surface area contributed by atoms with Crippen LogP contribution in [0, 0.1) is 22.7 Å². The molecule has 0 heterocycles. The second kappa shape index (κ2) is 6.59. The van der Waals surface area contributed by atoms with E-state index in [0.717, 1.165) is 0 Å². The van der Waals surface area contributed by atoms with Crippen molar-refractivity contribution in [3.63, 3.8) is 0 Å². The largest absolute Gasteiger partial charge is 0.402 e. The fourth-order valence-corrected chi connectivity index (χ4v) is 1.24. The lowest BCUT2D eigenvalue weighted by molar-refractivity contribution is 0.211. The zero-order valence-corrected chi connectivity index (χ0v) is 7.87. The van der Waals surface area contributed by atoms with Gasteiger partial charge in [0.25, 0.3) is 0 Å². The van der Waals surface area contributed by atoms with Gasteiger partial charge in [-0.1, -0.05) is 0 Å². The van der Waals surface area contributed by atoms with Crippen molar-refractivity contribution in [2.45, 2.75) is 12.8 Å². The van der Waals surface area contributed by atoms with Gasteiger partial charge in [-0.15, -0.1) is 0 Å². The maximum Gasteiger partial charge on any atom is 0.402 e. The van der Waals surface area contributed by atoms with Crippen LogP contribution in [-0.4, -0.2) is 13.2 Å². The van der Waals surface area contributed by atoms with E-state index in [1.54, 1.807) is 12.1 Å². The molecule has 2 N–H and O–H groups in total. The molecule has 0 radical (unpaired) electrons. The first-order valence-corrected chi connectivity index (χ1v) is 5.15. The van der Waals surface area contributed by atoms with Crippen LogP contribution in [0.2, 0.25) is 0 Å². The van der Waals surface area contributed by atoms with Crippen molar-refractivity contribution in [3.05, 3.63) is 0 Å². The molecular weight excluding hydrogens is 193 g/mol. The quantitative estimate of drug-likeness (QED) is 0.507. The molecule has 7 heteroatoms. The Balaban J connectivity index is 3.63. The second-order valence-electron chi connectivity index (χ2n) is 2.02. The molecule has 0 saturated carbocycles. The monoisotopic (exact) mass is 203 g/mol. The van der Waals surface area contributed by atoms with Crippen molar-refractivity contribution in [2.24, 2.45) is 5.50 Å². The smallest absolute Gasteiger partial charge is 0.296 e. The molecule has 0 spiro atoms. The number of rotatable bonds is 6. The molecule has 0 aliphatic rings. The molecule has 0 bridgehead atoms. The Morgan fingerprint density at radius 3 is 1.85 bits per heavy atom. The van der Waals surface area contributed by atoms with Gasteiger partial charge in [-0.05, 0) is 0 Å². The van der Waals surface area contributed by atoms with Crippen molar-refractivity contribution in [2.75, 3.05) is 13.2 Å². The summed E-state index contributed by atoms with van der Waals surface area (Å²) < 4.78 is 20.3. The summed E-state index contributed by atoms with van der Waals surface area (Å²) in [5, 5.41) is 16.3. The van der Waals surface area contributed by atoms with Crippen LogP contribution in [0.3, 0.4) is 0 Å². The topological polar surface area (TPSA) is 109 Å². The lowest BCUT2D eigenvalue weighted by Gasteiger charge is -2.10. The highest BCUT2D eigenvalue weighted by atomic mass is 31.2. The number of nitrogens with two attached hydrogens (primary N) is 1. The predicted molar refractivity (Wildman–Crippen MR) is 44.2 cm³/mol. The van der Waals surface area contributed by atoms with Gasteiger partial charge in [0, 0.05) is 0 Å². The summed E-state index contributed by atoms with van der Waals surface area (Å²) in [5.41, 5.74) is 5.09. The van der Waals surface area contributed by atoms with E-state index < -0.39 is 7.75 Å². The first-order valence-electron chi connectivity index (χ1n) is 3.54. The van der Waals surface area contributed by atoms with Crippen molar-refractivity contribution < 1.29 is 13.6 Å². The third-order valence-electron chi connectivity index (χ3n) is 0.970. The zero-order chi connectivity index (χ0) is 10.2. The molecule has 0 saturated heterocycles. The van der Waals surface area contributed by atoms with Crippen LogP contribution in [0.25, 0.3) is 0 Å². The molecular formula is C6H10N3O3P. The van der Waals surface area contributed by atoms with E-state index in [2.05, 4.69) is 9.05 Å². The standard InChI is InChI=1S/C6H10N3O3P/c7-3-1-5-11-13(9,10)12-6-2-4-8/h1-2,5-6H2,(H2,9,10). The summed E-state index contributed by atoms with van der Waals surface area (Å²) in [5.74, 6) is 0. The molecule has 6 nitrogen and oxygen atoms in total. The number of nitriles is 2. The van der Waals surface area contributed by atoms with Crippen LogP contribution >= 0.6 is 7.75 Å². The average Bonchev–Trinajstić information content (AvgIpc) is 2.05. The fraction of sp³-hybridized carbons (Fsp3) is 0.667. The molecule has 13 heavy (non-hydrogen) atoms. The lowest BCUT2D eigenvalue weighted by atomic mass is 10.5. The average molecular weight is 203 g/mol. The van der Waals surface area contributed by atoms with E-state index >= 15 is 0 Å². The van der Waals surface area contributed by atoms with Crippen LogP contribution in [0.5, 0.6) is 0 Å². The summed E-state index contributed by atoms with van der Waals surface area (Å²) in [7, 11) is -3.55. The number of nitrogens with zero attached hydrogens (tertiary/aromatic N) is 2. The zero-order valence-electron chi connectivity index (χ0n) is 6.97. The highest BCUT2D eigenvalue weighted by Crippen LogP contribution is 2.38. The summed E-state index contributed by atoms with van der Waals surface area (Å²) in [4.78, 5) is 0. The van der Waals surface area contributed by atoms with Crippen molar-refractivity contribution >= 4 is 7.75 Å². The second-order valence-corrected chi connectivity index (χ2v) is 3.62.